The van der Waals surface area contributed by atoms with Crippen LogP contribution >= 0.6 is 15.9 Å². The van der Waals surface area contributed by atoms with Crippen LogP contribution in [0.15, 0.2) is 16.7 Å². The minimum Gasteiger partial charge on any atom is -0.491 e. The molecule has 0 spiro atoms. The molecule has 2 rings (SSSR count). The maximum absolute atomic E-state index is 5.67. The third-order valence-electron chi connectivity index (χ3n) is 2.87. The molecule has 1 aliphatic heterocycles. The first-order valence-electron chi connectivity index (χ1n) is 5.73. The van der Waals surface area contributed by atoms with E-state index in [4.69, 9.17) is 4.74 Å². The average molecular weight is 285 g/mol. The van der Waals surface area contributed by atoms with Crippen molar-refractivity contribution in [2.45, 2.75) is 19.8 Å². The second-order valence-corrected chi connectivity index (χ2v) is 4.99. The highest BCUT2D eigenvalue weighted by Crippen LogP contribution is 2.19. The first-order chi connectivity index (χ1) is 7.75. The van der Waals surface area contributed by atoms with Crippen molar-refractivity contribution in [3.8, 4) is 5.75 Å². The molecule has 3 nitrogen and oxygen atoms in total. The zero-order valence-electron chi connectivity index (χ0n) is 9.58. The van der Waals surface area contributed by atoms with E-state index in [0.717, 1.165) is 29.1 Å². The second kappa shape index (κ2) is 5.64. The highest BCUT2D eigenvalue weighted by atomic mass is 79.9. The normalized spacial score (nSPS) is 16.6. The Morgan fingerprint density at radius 3 is 2.88 bits per heavy atom. The SMILES string of the molecule is Cc1ncc(OCCN2CCCC2)cc1Br. The Morgan fingerprint density at radius 2 is 2.19 bits per heavy atom. The number of hydrogen-bond donors (Lipinski definition) is 0. The molecule has 0 bridgehead atoms. The molecular formula is C12H17BrN2O. The van der Waals surface area contributed by atoms with Crippen molar-refractivity contribution in [3.63, 3.8) is 0 Å². The van der Waals surface area contributed by atoms with Crippen LogP contribution in [0.1, 0.15) is 18.5 Å². The number of rotatable bonds is 4. The summed E-state index contributed by atoms with van der Waals surface area (Å²) in [6, 6.07) is 1.98. The van der Waals surface area contributed by atoms with E-state index in [1.807, 2.05) is 13.0 Å². The van der Waals surface area contributed by atoms with Gasteiger partial charge in [-0.2, -0.15) is 0 Å². The quantitative estimate of drug-likeness (QED) is 0.850. The van der Waals surface area contributed by atoms with Gasteiger partial charge in [-0.15, -0.1) is 0 Å². The van der Waals surface area contributed by atoms with Gasteiger partial charge in [-0.1, -0.05) is 0 Å². The molecule has 0 N–H and O–H groups in total. The summed E-state index contributed by atoms with van der Waals surface area (Å²) in [5, 5.41) is 0. The molecule has 0 saturated carbocycles. The molecule has 0 aliphatic carbocycles. The van der Waals surface area contributed by atoms with Crippen molar-refractivity contribution in [2.75, 3.05) is 26.2 Å². The number of aryl methyl sites for hydroxylation is 1. The first-order valence-corrected chi connectivity index (χ1v) is 6.52. The first kappa shape index (κ1) is 11.9. The van der Waals surface area contributed by atoms with E-state index in [2.05, 4.69) is 25.8 Å². The maximum Gasteiger partial charge on any atom is 0.138 e. The minimum absolute atomic E-state index is 0.747. The number of likely N-dealkylation sites (tertiary alicyclic amines) is 1. The lowest BCUT2D eigenvalue weighted by Gasteiger charge is -2.14. The molecule has 1 aromatic rings. The summed E-state index contributed by atoms with van der Waals surface area (Å²) in [4.78, 5) is 6.68. The minimum atomic E-state index is 0.747. The molecular weight excluding hydrogens is 268 g/mol. The third kappa shape index (κ3) is 3.19. The summed E-state index contributed by atoms with van der Waals surface area (Å²) in [6.45, 7) is 6.18. The largest absolute Gasteiger partial charge is 0.491 e. The third-order valence-corrected chi connectivity index (χ3v) is 3.68. The van der Waals surface area contributed by atoms with Crippen molar-refractivity contribution in [3.05, 3.63) is 22.4 Å². The zero-order chi connectivity index (χ0) is 11.4. The molecule has 4 heteroatoms. The van der Waals surface area contributed by atoms with Crippen LogP contribution in [0.5, 0.6) is 5.75 Å². The van der Waals surface area contributed by atoms with Crippen LogP contribution < -0.4 is 4.74 Å². The molecule has 0 aromatic carbocycles. The van der Waals surface area contributed by atoms with E-state index in [0.29, 0.717) is 0 Å². The van der Waals surface area contributed by atoms with E-state index in [1.165, 1.54) is 25.9 Å². The number of pyridine rings is 1. The summed E-state index contributed by atoms with van der Waals surface area (Å²) < 4.78 is 6.68. The van der Waals surface area contributed by atoms with Gasteiger partial charge in [-0.05, 0) is 54.9 Å². The van der Waals surface area contributed by atoms with E-state index in [1.54, 1.807) is 6.20 Å². The zero-order valence-corrected chi connectivity index (χ0v) is 11.2. The van der Waals surface area contributed by atoms with Gasteiger partial charge < -0.3 is 4.74 Å². The highest BCUT2D eigenvalue weighted by molar-refractivity contribution is 9.10. The Hall–Kier alpha value is -0.610. The fourth-order valence-corrected chi connectivity index (χ4v) is 2.19. The lowest BCUT2D eigenvalue weighted by atomic mass is 10.4. The maximum atomic E-state index is 5.67. The van der Waals surface area contributed by atoms with Gasteiger partial charge in [0.15, 0.2) is 0 Å². The number of ether oxygens (including phenoxy) is 1. The van der Waals surface area contributed by atoms with Gasteiger partial charge in [0.25, 0.3) is 0 Å². The fraction of sp³-hybridized carbons (Fsp3) is 0.583. The number of halogens is 1. The summed E-state index contributed by atoms with van der Waals surface area (Å²) in [5.41, 5.74) is 0.992. The summed E-state index contributed by atoms with van der Waals surface area (Å²) in [5.74, 6) is 0.844. The lowest BCUT2D eigenvalue weighted by molar-refractivity contribution is 0.237. The number of aromatic nitrogens is 1. The molecule has 1 aliphatic rings. The topological polar surface area (TPSA) is 25.4 Å². The van der Waals surface area contributed by atoms with Gasteiger partial charge in [0.05, 0.1) is 11.9 Å². The summed E-state index contributed by atoms with van der Waals surface area (Å²) >= 11 is 3.45. The van der Waals surface area contributed by atoms with Crippen LogP contribution in [0, 0.1) is 6.92 Å². The molecule has 1 fully saturated rings. The molecule has 0 radical (unpaired) electrons. The number of nitrogens with zero attached hydrogens (tertiary/aromatic N) is 2. The Kier molecular flexibility index (Phi) is 4.18. The van der Waals surface area contributed by atoms with Gasteiger partial charge >= 0.3 is 0 Å². The predicted molar refractivity (Wildman–Crippen MR) is 67.8 cm³/mol. The van der Waals surface area contributed by atoms with Crippen molar-refractivity contribution < 1.29 is 4.74 Å². The molecule has 0 amide bonds. The van der Waals surface area contributed by atoms with Crippen LogP contribution in [-0.2, 0) is 0 Å². The molecule has 2 heterocycles. The Bertz CT molecular complexity index is 351. The highest BCUT2D eigenvalue weighted by Gasteiger charge is 2.10. The van der Waals surface area contributed by atoms with Crippen LogP contribution in [0.25, 0.3) is 0 Å². The van der Waals surface area contributed by atoms with Crippen LogP contribution in [-0.4, -0.2) is 36.1 Å². The molecule has 1 aromatic heterocycles. The standard InChI is InChI=1S/C12H17BrN2O/c1-10-12(13)8-11(9-14-10)16-7-6-15-4-2-3-5-15/h8-9H,2-7H2,1H3. The molecule has 0 atom stereocenters. The average Bonchev–Trinajstić information content (AvgIpc) is 2.76. The van der Waals surface area contributed by atoms with Gasteiger partial charge in [0.2, 0.25) is 0 Å². The van der Waals surface area contributed by atoms with Crippen LogP contribution in [0.3, 0.4) is 0 Å². The van der Waals surface area contributed by atoms with Crippen molar-refractivity contribution in [1.29, 1.82) is 0 Å². The van der Waals surface area contributed by atoms with Gasteiger partial charge in [0, 0.05) is 11.0 Å². The monoisotopic (exact) mass is 284 g/mol. The Balaban J connectivity index is 1.78. The molecule has 16 heavy (non-hydrogen) atoms. The fourth-order valence-electron chi connectivity index (χ4n) is 1.87. The smallest absolute Gasteiger partial charge is 0.138 e. The van der Waals surface area contributed by atoms with E-state index >= 15 is 0 Å². The van der Waals surface area contributed by atoms with Crippen molar-refractivity contribution in [2.24, 2.45) is 0 Å². The lowest BCUT2D eigenvalue weighted by Crippen LogP contribution is -2.25. The molecule has 88 valence electrons. The molecule has 0 unspecified atom stereocenters. The van der Waals surface area contributed by atoms with Gasteiger partial charge in [-0.25, -0.2) is 0 Å². The van der Waals surface area contributed by atoms with Crippen LogP contribution in [0.4, 0.5) is 0 Å². The summed E-state index contributed by atoms with van der Waals surface area (Å²) in [7, 11) is 0. The van der Waals surface area contributed by atoms with Crippen LogP contribution in [0.2, 0.25) is 0 Å². The molecule has 1 saturated heterocycles. The Labute approximate surface area is 105 Å². The predicted octanol–water partition coefficient (Wildman–Crippen LogP) is 2.63. The second-order valence-electron chi connectivity index (χ2n) is 4.14. The van der Waals surface area contributed by atoms with Gasteiger partial charge in [-0.3, -0.25) is 9.88 Å². The van der Waals surface area contributed by atoms with E-state index in [9.17, 15) is 0 Å². The van der Waals surface area contributed by atoms with Crippen molar-refractivity contribution >= 4 is 15.9 Å². The van der Waals surface area contributed by atoms with Crippen molar-refractivity contribution in [1.82, 2.24) is 9.88 Å². The Morgan fingerprint density at radius 1 is 1.44 bits per heavy atom. The van der Waals surface area contributed by atoms with E-state index in [-0.39, 0.29) is 0 Å². The van der Waals surface area contributed by atoms with E-state index < -0.39 is 0 Å². The summed E-state index contributed by atoms with van der Waals surface area (Å²) in [6.07, 6.45) is 4.44. The number of hydrogen-bond acceptors (Lipinski definition) is 3. The van der Waals surface area contributed by atoms with Gasteiger partial charge in [0.1, 0.15) is 12.4 Å².